The van der Waals surface area contributed by atoms with E-state index in [9.17, 15) is 9.59 Å². The van der Waals surface area contributed by atoms with Gasteiger partial charge in [-0.3, -0.25) is 14.9 Å². The molecular formula is C16H18N2O5S. The van der Waals surface area contributed by atoms with Crippen LogP contribution in [0.1, 0.15) is 27.3 Å². The molecule has 24 heavy (non-hydrogen) atoms. The first kappa shape index (κ1) is 17.7. The molecule has 0 fully saturated rings. The molecule has 2 N–H and O–H groups in total. The fourth-order valence-electron chi connectivity index (χ4n) is 2.04. The number of carboxylic acid groups (broad SMARTS) is 1. The molecule has 1 aromatic carbocycles. The van der Waals surface area contributed by atoms with Crippen molar-refractivity contribution in [3.8, 4) is 11.5 Å². The summed E-state index contributed by atoms with van der Waals surface area (Å²) in [5.41, 5.74) is 1.10. The van der Waals surface area contributed by atoms with Gasteiger partial charge in [-0.2, -0.15) is 0 Å². The Hall–Kier alpha value is -2.61. The number of hydrogen-bond donors (Lipinski definition) is 2. The molecule has 0 saturated heterocycles. The van der Waals surface area contributed by atoms with Crippen LogP contribution < -0.4 is 14.8 Å². The number of nitrogens with zero attached hydrogens (tertiary/aromatic N) is 1. The number of aliphatic carboxylic acids is 1. The summed E-state index contributed by atoms with van der Waals surface area (Å²) in [4.78, 5) is 28.2. The highest BCUT2D eigenvalue weighted by Crippen LogP contribution is 2.26. The number of benzene rings is 1. The molecule has 0 bridgehead atoms. The molecule has 0 aliphatic rings. The van der Waals surface area contributed by atoms with Crippen molar-refractivity contribution in [3.63, 3.8) is 0 Å². The molecule has 0 atom stereocenters. The van der Waals surface area contributed by atoms with Crippen molar-refractivity contribution in [2.75, 3.05) is 19.5 Å². The summed E-state index contributed by atoms with van der Waals surface area (Å²) in [5, 5.41) is 11.9. The van der Waals surface area contributed by atoms with E-state index in [0.717, 1.165) is 10.6 Å². The van der Waals surface area contributed by atoms with Crippen LogP contribution in [0.15, 0.2) is 18.2 Å². The van der Waals surface area contributed by atoms with Crippen LogP contribution in [0.2, 0.25) is 0 Å². The first-order chi connectivity index (χ1) is 11.4. The van der Waals surface area contributed by atoms with Crippen LogP contribution in [0.4, 0.5) is 5.13 Å². The second kappa shape index (κ2) is 7.78. The predicted molar refractivity (Wildman–Crippen MR) is 90.3 cm³/mol. The van der Waals surface area contributed by atoms with Gasteiger partial charge in [-0.25, -0.2) is 4.98 Å². The minimum Gasteiger partial charge on any atom is -0.497 e. The Bertz CT molecular complexity index is 735. The van der Waals surface area contributed by atoms with Gasteiger partial charge in [0, 0.05) is 16.5 Å². The second-order valence-electron chi connectivity index (χ2n) is 4.98. The van der Waals surface area contributed by atoms with E-state index in [2.05, 4.69) is 10.3 Å². The average molecular weight is 350 g/mol. The molecule has 0 aliphatic heterocycles. The monoisotopic (exact) mass is 350 g/mol. The number of ether oxygens (including phenoxy) is 2. The third-order valence-electron chi connectivity index (χ3n) is 3.29. The van der Waals surface area contributed by atoms with Crippen molar-refractivity contribution in [2.45, 2.75) is 19.8 Å². The molecule has 1 aromatic heterocycles. The molecule has 7 nitrogen and oxygen atoms in total. The van der Waals surface area contributed by atoms with Gasteiger partial charge >= 0.3 is 5.97 Å². The lowest BCUT2D eigenvalue weighted by molar-refractivity contribution is -0.136. The van der Waals surface area contributed by atoms with Gasteiger partial charge in [-0.1, -0.05) is 0 Å². The van der Waals surface area contributed by atoms with E-state index in [4.69, 9.17) is 14.6 Å². The van der Waals surface area contributed by atoms with Gasteiger partial charge in [-0.15, -0.1) is 11.3 Å². The molecular weight excluding hydrogens is 332 g/mol. The highest BCUT2D eigenvalue weighted by atomic mass is 32.1. The lowest BCUT2D eigenvalue weighted by atomic mass is 10.2. The third kappa shape index (κ3) is 4.45. The molecule has 0 radical (unpaired) electrons. The maximum Gasteiger partial charge on any atom is 0.303 e. The quantitative estimate of drug-likeness (QED) is 0.797. The normalized spacial score (nSPS) is 10.3. The van der Waals surface area contributed by atoms with Crippen LogP contribution in [-0.4, -0.2) is 36.2 Å². The van der Waals surface area contributed by atoms with E-state index in [1.54, 1.807) is 25.1 Å². The number of hydrogen-bond acceptors (Lipinski definition) is 6. The summed E-state index contributed by atoms with van der Waals surface area (Å²) >= 11 is 1.28. The highest BCUT2D eigenvalue weighted by molar-refractivity contribution is 7.15. The molecule has 0 unspecified atom stereocenters. The standard InChI is InChI=1S/C16H18N2O5S/c1-9-13(4-5-14(19)20)24-16(17-9)18-15(21)10-6-11(22-2)8-12(7-10)23-3/h6-8H,4-5H2,1-3H3,(H,19,20)(H,17,18,21). The van der Waals surface area contributed by atoms with Crippen molar-refractivity contribution in [2.24, 2.45) is 0 Å². The lowest BCUT2D eigenvalue weighted by Crippen LogP contribution is -2.12. The smallest absolute Gasteiger partial charge is 0.303 e. The Labute approximate surface area is 143 Å². The van der Waals surface area contributed by atoms with E-state index in [1.165, 1.54) is 25.6 Å². The van der Waals surface area contributed by atoms with E-state index >= 15 is 0 Å². The Balaban J connectivity index is 2.15. The van der Waals surface area contributed by atoms with Crippen LogP contribution in [0.3, 0.4) is 0 Å². The molecule has 0 aliphatic carbocycles. The van der Waals surface area contributed by atoms with E-state index in [-0.39, 0.29) is 12.3 Å². The number of aromatic nitrogens is 1. The second-order valence-corrected chi connectivity index (χ2v) is 6.06. The molecule has 2 rings (SSSR count). The minimum atomic E-state index is -0.864. The number of nitrogens with one attached hydrogen (secondary N) is 1. The minimum absolute atomic E-state index is 0.0313. The van der Waals surface area contributed by atoms with Gasteiger partial charge in [0.25, 0.3) is 5.91 Å². The number of amides is 1. The molecule has 1 heterocycles. The fraction of sp³-hybridized carbons (Fsp3) is 0.312. The maximum atomic E-state index is 12.4. The van der Waals surface area contributed by atoms with Crippen molar-refractivity contribution >= 4 is 28.3 Å². The summed E-state index contributed by atoms with van der Waals surface area (Å²) < 4.78 is 10.3. The van der Waals surface area contributed by atoms with Gasteiger partial charge in [-0.05, 0) is 25.5 Å². The van der Waals surface area contributed by atoms with Crippen molar-refractivity contribution < 1.29 is 24.2 Å². The number of rotatable bonds is 7. The van der Waals surface area contributed by atoms with Crippen molar-refractivity contribution in [1.29, 1.82) is 0 Å². The Morgan fingerprint density at radius 1 is 1.21 bits per heavy atom. The summed E-state index contributed by atoms with van der Waals surface area (Å²) in [5.74, 6) is -0.184. The van der Waals surface area contributed by atoms with E-state index in [0.29, 0.717) is 28.6 Å². The number of thiazole rings is 1. The van der Waals surface area contributed by atoms with E-state index < -0.39 is 5.97 Å². The van der Waals surface area contributed by atoms with Gasteiger partial charge in [0.1, 0.15) is 11.5 Å². The first-order valence-electron chi connectivity index (χ1n) is 7.15. The number of methoxy groups -OCH3 is 2. The van der Waals surface area contributed by atoms with Crippen LogP contribution in [0, 0.1) is 6.92 Å². The fourth-order valence-corrected chi connectivity index (χ4v) is 3.00. The van der Waals surface area contributed by atoms with Gasteiger partial charge in [0.05, 0.1) is 26.3 Å². The lowest BCUT2D eigenvalue weighted by Gasteiger charge is -2.08. The Morgan fingerprint density at radius 2 is 1.83 bits per heavy atom. The molecule has 128 valence electrons. The third-order valence-corrected chi connectivity index (χ3v) is 4.43. The van der Waals surface area contributed by atoms with Crippen molar-refractivity contribution in [1.82, 2.24) is 4.98 Å². The van der Waals surface area contributed by atoms with Crippen LogP contribution in [0.5, 0.6) is 11.5 Å². The maximum absolute atomic E-state index is 12.4. The zero-order chi connectivity index (χ0) is 17.7. The first-order valence-corrected chi connectivity index (χ1v) is 7.97. The van der Waals surface area contributed by atoms with Crippen LogP contribution in [0.25, 0.3) is 0 Å². The van der Waals surface area contributed by atoms with Crippen LogP contribution in [-0.2, 0) is 11.2 Å². The van der Waals surface area contributed by atoms with Crippen LogP contribution >= 0.6 is 11.3 Å². The number of carbonyl (C=O) groups excluding carboxylic acids is 1. The Kier molecular flexibility index (Phi) is 5.75. The molecule has 0 saturated carbocycles. The largest absolute Gasteiger partial charge is 0.497 e. The average Bonchev–Trinajstić information content (AvgIpc) is 2.91. The summed E-state index contributed by atoms with van der Waals surface area (Å²) in [7, 11) is 3.02. The van der Waals surface area contributed by atoms with Crippen molar-refractivity contribution in [3.05, 3.63) is 34.3 Å². The molecule has 2 aromatic rings. The number of carbonyl (C=O) groups is 2. The number of anilines is 1. The summed E-state index contributed by atoms with van der Waals surface area (Å²) in [6, 6.07) is 4.88. The molecule has 0 spiro atoms. The van der Waals surface area contributed by atoms with Gasteiger partial charge in [0.15, 0.2) is 5.13 Å². The zero-order valence-electron chi connectivity index (χ0n) is 13.6. The number of carboxylic acids is 1. The van der Waals surface area contributed by atoms with Gasteiger partial charge in [0.2, 0.25) is 0 Å². The Morgan fingerprint density at radius 3 is 2.38 bits per heavy atom. The molecule has 1 amide bonds. The topological polar surface area (TPSA) is 97.8 Å². The zero-order valence-corrected chi connectivity index (χ0v) is 14.4. The molecule has 8 heteroatoms. The van der Waals surface area contributed by atoms with E-state index in [1.807, 2.05) is 0 Å². The predicted octanol–water partition coefficient (Wildman–Crippen LogP) is 2.74. The highest BCUT2D eigenvalue weighted by Gasteiger charge is 2.14. The summed E-state index contributed by atoms with van der Waals surface area (Å²) in [6.07, 6.45) is 0.422. The number of aryl methyl sites for hydroxylation is 2. The van der Waals surface area contributed by atoms with Gasteiger partial charge < -0.3 is 14.6 Å². The summed E-state index contributed by atoms with van der Waals surface area (Å²) in [6.45, 7) is 1.79. The SMILES string of the molecule is COc1cc(OC)cc(C(=O)Nc2nc(C)c(CCC(=O)O)s2)c1.